The van der Waals surface area contributed by atoms with Gasteiger partial charge in [-0.1, -0.05) is 54.6 Å². The molecule has 0 saturated heterocycles. The maximum Gasteiger partial charge on any atom is 0.361 e. The fourth-order valence-corrected chi connectivity index (χ4v) is 5.15. The molecule has 3 heteroatoms. The molecule has 0 atom stereocenters. The van der Waals surface area contributed by atoms with Crippen LogP contribution in [0, 0.1) is 0 Å². The first-order valence-corrected chi connectivity index (χ1v) is 13.5. The van der Waals surface area contributed by atoms with E-state index in [2.05, 4.69) is 78.9 Å². The molecule has 0 fully saturated rings. The first kappa shape index (κ1) is 24.7. The maximum absolute atomic E-state index is 6.40. The van der Waals surface area contributed by atoms with Crippen LogP contribution in [0.15, 0.2) is 108 Å². The molecule has 3 nitrogen and oxygen atoms in total. The van der Waals surface area contributed by atoms with Crippen LogP contribution >= 0.6 is 0 Å². The Kier molecular flexibility index (Phi) is 6.97. The summed E-state index contributed by atoms with van der Waals surface area (Å²) in [7, 11) is 0. The van der Waals surface area contributed by atoms with Gasteiger partial charge in [-0.3, -0.25) is 0 Å². The van der Waals surface area contributed by atoms with Gasteiger partial charge in [0.2, 0.25) is 0 Å². The summed E-state index contributed by atoms with van der Waals surface area (Å²) in [5, 5.41) is 0. The van der Waals surface area contributed by atoms with E-state index in [0.29, 0.717) is 13.2 Å². The molecule has 4 aromatic carbocycles. The minimum Gasteiger partial charge on any atom is -0.494 e. The van der Waals surface area contributed by atoms with Gasteiger partial charge in [0.15, 0.2) is 0 Å². The molecule has 6 rings (SSSR count). The van der Waals surface area contributed by atoms with Crippen LogP contribution in [-0.4, -0.2) is 13.2 Å². The average Bonchev–Trinajstić information content (AvgIpc) is 3.35. The fourth-order valence-electron chi connectivity index (χ4n) is 5.15. The predicted molar refractivity (Wildman–Crippen MR) is 160 cm³/mol. The second-order valence-electron chi connectivity index (χ2n) is 9.61. The molecule has 1 aliphatic carbocycles. The second kappa shape index (κ2) is 11.0. The molecule has 0 N–H and O–H groups in total. The molecule has 0 saturated carbocycles. The van der Waals surface area contributed by atoms with Crippen molar-refractivity contribution in [3.8, 4) is 45.1 Å². The van der Waals surface area contributed by atoms with Crippen LogP contribution < -0.4 is 9.47 Å². The van der Waals surface area contributed by atoms with Gasteiger partial charge in [0.05, 0.1) is 30.9 Å². The second-order valence-corrected chi connectivity index (χ2v) is 9.61. The van der Waals surface area contributed by atoms with Gasteiger partial charge in [-0.15, -0.1) is 0 Å². The first-order valence-electron chi connectivity index (χ1n) is 13.5. The maximum atomic E-state index is 6.40. The fraction of sp³-hybridized carbons (Fsp3) is 0.139. The summed E-state index contributed by atoms with van der Waals surface area (Å²) < 4.78 is 17.7. The van der Waals surface area contributed by atoms with Crippen molar-refractivity contribution in [2.75, 3.05) is 13.2 Å². The summed E-state index contributed by atoms with van der Waals surface area (Å²) in [6, 6.07) is 35.8. The SMILES string of the molecule is CCOc1ccc(-c2cc(/C=C/c3ccc4c(c3)Cc3ccccc3-4)[o+]c(-c3ccc(OCC)cc3)c2)cc1. The minimum absolute atomic E-state index is 0.640. The summed E-state index contributed by atoms with van der Waals surface area (Å²) in [6.07, 6.45) is 5.17. The monoisotopic (exact) mass is 511 g/mol. The molecular formula is C36H31O3+. The molecule has 5 aromatic rings. The van der Waals surface area contributed by atoms with E-state index < -0.39 is 0 Å². The molecule has 192 valence electrons. The van der Waals surface area contributed by atoms with E-state index in [9.17, 15) is 0 Å². The van der Waals surface area contributed by atoms with Crippen LogP contribution in [0.3, 0.4) is 0 Å². The van der Waals surface area contributed by atoms with Crippen molar-refractivity contribution in [1.29, 1.82) is 0 Å². The van der Waals surface area contributed by atoms with Crippen molar-refractivity contribution < 1.29 is 13.9 Å². The van der Waals surface area contributed by atoms with Crippen molar-refractivity contribution in [1.82, 2.24) is 0 Å². The highest BCUT2D eigenvalue weighted by molar-refractivity contribution is 5.80. The average molecular weight is 512 g/mol. The van der Waals surface area contributed by atoms with E-state index in [0.717, 1.165) is 51.7 Å². The minimum atomic E-state index is 0.640. The molecular weight excluding hydrogens is 480 g/mol. The highest BCUT2D eigenvalue weighted by atomic mass is 16.5. The van der Waals surface area contributed by atoms with Crippen molar-refractivity contribution >= 4 is 12.2 Å². The number of benzene rings is 4. The molecule has 39 heavy (non-hydrogen) atoms. The quantitative estimate of drug-likeness (QED) is 0.191. The molecule has 0 bridgehead atoms. The highest BCUT2D eigenvalue weighted by Gasteiger charge is 2.19. The Morgan fingerprint density at radius 1 is 0.615 bits per heavy atom. The zero-order chi connectivity index (χ0) is 26.6. The lowest BCUT2D eigenvalue weighted by Crippen LogP contribution is -1.91. The normalized spacial score (nSPS) is 11.8. The van der Waals surface area contributed by atoms with Crippen molar-refractivity contribution in [3.05, 3.63) is 126 Å². The number of hydrogen-bond acceptors (Lipinski definition) is 2. The van der Waals surface area contributed by atoms with Gasteiger partial charge < -0.3 is 9.47 Å². The third kappa shape index (κ3) is 5.35. The van der Waals surface area contributed by atoms with Crippen molar-refractivity contribution in [2.45, 2.75) is 20.3 Å². The van der Waals surface area contributed by atoms with Crippen LogP contribution in [-0.2, 0) is 6.42 Å². The molecule has 0 amide bonds. The van der Waals surface area contributed by atoms with Crippen molar-refractivity contribution in [2.24, 2.45) is 0 Å². The zero-order valence-corrected chi connectivity index (χ0v) is 22.3. The lowest BCUT2D eigenvalue weighted by atomic mass is 10.0. The number of rotatable bonds is 8. The van der Waals surface area contributed by atoms with E-state index in [1.807, 2.05) is 50.2 Å². The molecule has 0 spiro atoms. The van der Waals surface area contributed by atoms with Crippen molar-refractivity contribution in [3.63, 3.8) is 0 Å². The Labute approximate surface area is 230 Å². The standard InChI is InChI=1S/C36H31O3/c1-3-37-31-16-11-26(12-17-31)29-23-33(39-36(24-29)27-13-18-32(19-14-27)38-4-2)15-9-25-10-20-35-30(21-25)22-28-7-5-6-8-34(28)35/h5-21,23-24H,3-4,22H2,1-2H3/q+1/b15-9+. The third-order valence-electron chi connectivity index (χ3n) is 7.02. The summed E-state index contributed by atoms with van der Waals surface area (Å²) in [5.74, 6) is 3.30. The Morgan fingerprint density at radius 2 is 1.28 bits per heavy atom. The number of hydrogen-bond donors (Lipinski definition) is 0. The van der Waals surface area contributed by atoms with Gasteiger partial charge in [-0.2, -0.15) is 0 Å². The lowest BCUT2D eigenvalue weighted by molar-refractivity contribution is 0.340. The van der Waals surface area contributed by atoms with Crippen LogP contribution in [0.25, 0.3) is 45.7 Å². The topological polar surface area (TPSA) is 29.8 Å². The Balaban J connectivity index is 1.34. The molecule has 1 aliphatic rings. The predicted octanol–water partition coefficient (Wildman–Crippen LogP) is 9.43. The van der Waals surface area contributed by atoms with Crippen LogP contribution in [0.2, 0.25) is 0 Å². The van der Waals surface area contributed by atoms with Gasteiger partial charge in [-0.25, -0.2) is 4.42 Å². The number of fused-ring (bicyclic) bond motifs is 3. The Hall–Kier alpha value is -4.63. The largest absolute Gasteiger partial charge is 0.494 e. The van der Waals surface area contributed by atoms with Gasteiger partial charge in [0, 0.05) is 11.6 Å². The molecule has 0 aliphatic heterocycles. The van der Waals surface area contributed by atoms with Gasteiger partial charge >= 0.3 is 11.5 Å². The Morgan fingerprint density at radius 3 is 2.00 bits per heavy atom. The van der Waals surface area contributed by atoms with Gasteiger partial charge in [0.25, 0.3) is 0 Å². The van der Waals surface area contributed by atoms with Crippen LogP contribution in [0.5, 0.6) is 11.5 Å². The van der Waals surface area contributed by atoms with E-state index in [1.54, 1.807) is 0 Å². The number of ether oxygens (including phenoxy) is 2. The molecule has 0 radical (unpaired) electrons. The molecule has 1 heterocycles. The van der Waals surface area contributed by atoms with Gasteiger partial charge in [0.1, 0.15) is 11.5 Å². The summed E-state index contributed by atoms with van der Waals surface area (Å²) >= 11 is 0. The lowest BCUT2D eigenvalue weighted by Gasteiger charge is -2.05. The van der Waals surface area contributed by atoms with Crippen LogP contribution in [0.4, 0.5) is 0 Å². The molecule has 0 unspecified atom stereocenters. The summed E-state index contributed by atoms with van der Waals surface area (Å²) in [6.45, 7) is 5.27. The summed E-state index contributed by atoms with van der Waals surface area (Å²) in [4.78, 5) is 0. The molecule has 1 aromatic heterocycles. The van der Waals surface area contributed by atoms with Crippen LogP contribution in [0.1, 0.15) is 36.3 Å². The Bertz CT molecular complexity index is 1560. The van der Waals surface area contributed by atoms with E-state index in [1.165, 1.54) is 22.3 Å². The van der Waals surface area contributed by atoms with E-state index in [4.69, 9.17) is 13.9 Å². The van der Waals surface area contributed by atoms with Gasteiger partial charge in [-0.05, 0) is 96.1 Å². The summed E-state index contributed by atoms with van der Waals surface area (Å²) in [5.41, 5.74) is 9.79. The van der Waals surface area contributed by atoms with E-state index in [-0.39, 0.29) is 0 Å². The smallest absolute Gasteiger partial charge is 0.361 e. The third-order valence-corrected chi connectivity index (χ3v) is 7.02. The highest BCUT2D eigenvalue weighted by Crippen LogP contribution is 2.37. The first-order chi connectivity index (χ1) is 19.2. The van der Waals surface area contributed by atoms with E-state index >= 15 is 0 Å². The zero-order valence-electron chi connectivity index (χ0n) is 22.3.